The monoisotopic (exact) mass is 377 g/mol. The molecule has 0 spiro atoms. The number of hydrogen-bond donors (Lipinski definition) is 0. The van der Waals surface area contributed by atoms with Crippen molar-refractivity contribution in [3.05, 3.63) is 66.0 Å². The molecule has 2 aliphatic heterocycles. The summed E-state index contributed by atoms with van der Waals surface area (Å²) >= 11 is 0. The fraction of sp³-hybridized carbons (Fsp3) is 0.409. The summed E-state index contributed by atoms with van der Waals surface area (Å²) in [6.45, 7) is 4.79. The van der Waals surface area contributed by atoms with Gasteiger partial charge in [-0.25, -0.2) is 5.01 Å². The Morgan fingerprint density at radius 3 is 2.39 bits per heavy atom. The molecular weight excluding hydrogens is 350 g/mol. The molecule has 0 bridgehead atoms. The summed E-state index contributed by atoms with van der Waals surface area (Å²) < 4.78 is 0. The van der Waals surface area contributed by atoms with E-state index in [-0.39, 0.29) is 5.91 Å². The fourth-order valence-electron chi connectivity index (χ4n) is 3.82. The van der Waals surface area contributed by atoms with Gasteiger partial charge in [0.2, 0.25) is 0 Å². The van der Waals surface area contributed by atoms with Crippen molar-refractivity contribution in [1.82, 2.24) is 19.8 Å². The van der Waals surface area contributed by atoms with Crippen molar-refractivity contribution in [3.8, 4) is 0 Å². The molecule has 0 aliphatic carbocycles. The van der Waals surface area contributed by atoms with Crippen molar-refractivity contribution in [2.24, 2.45) is 5.10 Å². The van der Waals surface area contributed by atoms with E-state index >= 15 is 0 Å². The smallest absolute Gasteiger partial charge is 0.262 e. The van der Waals surface area contributed by atoms with E-state index < -0.39 is 0 Å². The van der Waals surface area contributed by atoms with Gasteiger partial charge in [-0.2, -0.15) is 5.10 Å². The summed E-state index contributed by atoms with van der Waals surface area (Å²) in [5.74, 6) is 0.898. The van der Waals surface area contributed by atoms with Crippen molar-refractivity contribution in [2.75, 3.05) is 32.7 Å². The van der Waals surface area contributed by atoms with Crippen molar-refractivity contribution >= 4 is 11.7 Å². The van der Waals surface area contributed by atoms with Gasteiger partial charge in [0.1, 0.15) is 6.54 Å². The molecule has 6 nitrogen and oxygen atoms in total. The Morgan fingerprint density at radius 1 is 0.893 bits per heavy atom. The Balaban J connectivity index is 1.53. The van der Waals surface area contributed by atoms with Crippen molar-refractivity contribution < 1.29 is 4.79 Å². The Bertz CT molecular complexity index is 802. The molecule has 2 aromatic rings. The number of hydrazone groups is 1. The van der Waals surface area contributed by atoms with Crippen LogP contribution < -0.4 is 0 Å². The van der Waals surface area contributed by atoms with Crippen LogP contribution >= 0.6 is 0 Å². The summed E-state index contributed by atoms with van der Waals surface area (Å²) in [6, 6.07) is 14.1. The standard InChI is InChI=1S/C22H27N5O/c28-21-18-26(17-19-7-3-1-4-8-19)22(20-9-11-23-12-10-20)24-27(21)16-15-25-13-5-2-6-14-25/h1,3-4,7-12H,2,5-6,13-18H2. The molecule has 1 fully saturated rings. The van der Waals surface area contributed by atoms with Crippen LogP contribution in [-0.4, -0.2) is 64.3 Å². The van der Waals surface area contributed by atoms with Gasteiger partial charge in [-0.05, 0) is 43.6 Å². The maximum Gasteiger partial charge on any atom is 0.262 e. The number of likely N-dealkylation sites (tertiary alicyclic amines) is 1. The van der Waals surface area contributed by atoms with E-state index in [9.17, 15) is 4.79 Å². The highest BCUT2D eigenvalue weighted by Gasteiger charge is 2.28. The normalized spacial score (nSPS) is 18.3. The van der Waals surface area contributed by atoms with Crippen molar-refractivity contribution in [1.29, 1.82) is 0 Å². The first-order valence-corrected chi connectivity index (χ1v) is 10.1. The number of nitrogens with zero attached hydrogens (tertiary/aromatic N) is 5. The highest BCUT2D eigenvalue weighted by atomic mass is 16.2. The molecule has 1 saturated heterocycles. The van der Waals surface area contributed by atoms with Gasteiger partial charge < -0.3 is 9.80 Å². The summed E-state index contributed by atoms with van der Waals surface area (Å²) in [4.78, 5) is 21.4. The van der Waals surface area contributed by atoms with Crippen LogP contribution in [0.15, 0.2) is 60.0 Å². The topological polar surface area (TPSA) is 52.0 Å². The van der Waals surface area contributed by atoms with Gasteiger partial charge in [0.15, 0.2) is 5.84 Å². The van der Waals surface area contributed by atoms with E-state index in [1.165, 1.54) is 24.8 Å². The molecule has 4 rings (SSSR count). The third-order valence-electron chi connectivity index (χ3n) is 5.36. The second-order valence-electron chi connectivity index (χ2n) is 7.42. The molecule has 28 heavy (non-hydrogen) atoms. The minimum Gasteiger partial charge on any atom is -0.341 e. The number of aromatic nitrogens is 1. The van der Waals surface area contributed by atoms with Crippen LogP contribution in [0.2, 0.25) is 0 Å². The van der Waals surface area contributed by atoms with Gasteiger partial charge in [-0.15, -0.1) is 0 Å². The lowest BCUT2D eigenvalue weighted by Gasteiger charge is -2.35. The Morgan fingerprint density at radius 2 is 1.64 bits per heavy atom. The second kappa shape index (κ2) is 8.97. The number of amides is 1. The Kier molecular flexibility index (Phi) is 5.97. The van der Waals surface area contributed by atoms with Crippen LogP contribution in [0.1, 0.15) is 30.4 Å². The van der Waals surface area contributed by atoms with Crippen LogP contribution in [-0.2, 0) is 11.3 Å². The van der Waals surface area contributed by atoms with E-state index in [4.69, 9.17) is 5.10 Å². The average Bonchev–Trinajstić information content (AvgIpc) is 2.75. The molecule has 0 radical (unpaired) electrons. The summed E-state index contributed by atoms with van der Waals surface area (Å²) in [5.41, 5.74) is 2.15. The van der Waals surface area contributed by atoms with E-state index in [1.807, 2.05) is 30.3 Å². The third-order valence-corrected chi connectivity index (χ3v) is 5.36. The fourth-order valence-corrected chi connectivity index (χ4v) is 3.82. The van der Waals surface area contributed by atoms with Gasteiger partial charge in [-0.1, -0.05) is 36.8 Å². The third kappa shape index (κ3) is 4.57. The number of amidine groups is 1. The average molecular weight is 377 g/mol. The molecule has 0 atom stereocenters. The molecule has 2 aliphatic rings. The predicted molar refractivity (Wildman–Crippen MR) is 110 cm³/mol. The minimum atomic E-state index is 0.0609. The molecule has 1 aromatic carbocycles. The zero-order valence-corrected chi connectivity index (χ0v) is 16.2. The zero-order chi connectivity index (χ0) is 19.2. The first-order chi connectivity index (χ1) is 13.8. The van der Waals surface area contributed by atoms with Crippen molar-refractivity contribution in [2.45, 2.75) is 25.8 Å². The number of rotatable bonds is 6. The Labute approximate surface area is 166 Å². The summed E-state index contributed by atoms with van der Waals surface area (Å²) in [6.07, 6.45) is 7.37. The number of piperidine rings is 1. The summed E-state index contributed by atoms with van der Waals surface area (Å²) in [5, 5.41) is 6.43. The zero-order valence-electron chi connectivity index (χ0n) is 16.2. The second-order valence-corrected chi connectivity index (χ2v) is 7.42. The van der Waals surface area contributed by atoms with E-state index in [1.54, 1.807) is 17.4 Å². The SMILES string of the molecule is O=C1CN(Cc2ccccc2)C(c2ccncc2)=NN1CCN1CCCCC1. The number of benzene rings is 1. The number of pyridine rings is 1. The van der Waals surface area contributed by atoms with Gasteiger partial charge in [0.05, 0.1) is 6.54 Å². The highest BCUT2D eigenvalue weighted by Crippen LogP contribution is 2.17. The van der Waals surface area contributed by atoms with E-state index in [2.05, 4.69) is 26.9 Å². The van der Waals surface area contributed by atoms with E-state index in [0.717, 1.165) is 31.0 Å². The van der Waals surface area contributed by atoms with E-state index in [0.29, 0.717) is 19.6 Å². The maximum absolute atomic E-state index is 12.8. The number of carbonyl (C=O) groups is 1. The lowest BCUT2D eigenvalue weighted by atomic mass is 10.1. The molecular formula is C22H27N5O. The molecule has 0 saturated carbocycles. The lowest BCUT2D eigenvalue weighted by molar-refractivity contribution is -0.133. The highest BCUT2D eigenvalue weighted by molar-refractivity contribution is 6.02. The molecule has 6 heteroatoms. The molecule has 1 aromatic heterocycles. The van der Waals surface area contributed by atoms with Crippen LogP contribution in [0.5, 0.6) is 0 Å². The first-order valence-electron chi connectivity index (χ1n) is 10.1. The Hall–Kier alpha value is -2.73. The predicted octanol–water partition coefficient (Wildman–Crippen LogP) is 2.57. The van der Waals surface area contributed by atoms with Crippen LogP contribution in [0, 0.1) is 0 Å². The molecule has 146 valence electrons. The van der Waals surface area contributed by atoms with Gasteiger partial charge in [-0.3, -0.25) is 9.78 Å². The van der Waals surface area contributed by atoms with Crippen LogP contribution in [0.25, 0.3) is 0 Å². The molecule has 3 heterocycles. The molecule has 0 unspecified atom stereocenters. The van der Waals surface area contributed by atoms with Gasteiger partial charge >= 0.3 is 0 Å². The quantitative estimate of drug-likeness (QED) is 0.776. The minimum absolute atomic E-state index is 0.0609. The lowest BCUT2D eigenvalue weighted by Crippen LogP contribution is -2.49. The number of carbonyl (C=O) groups excluding carboxylic acids is 1. The maximum atomic E-state index is 12.8. The largest absolute Gasteiger partial charge is 0.341 e. The van der Waals surface area contributed by atoms with Gasteiger partial charge in [0, 0.05) is 31.0 Å². The number of hydrogen-bond acceptors (Lipinski definition) is 5. The van der Waals surface area contributed by atoms with Crippen LogP contribution in [0.3, 0.4) is 0 Å². The van der Waals surface area contributed by atoms with Gasteiger partial charge in [0.25, 0.3) is 5.91 Å². The molecule has 0 N–H and O–H groups in total. The molecule has 1 amide bonds. The van der Waals surface area contributed by atoms with Crippen molar-refractivity contribution in [3.63, 3.8) is 0 Å². The summed E-state index contributed by atoms with van der Waals surface area (Å²) in [7, 11) is 0. The first kappa shape index (κ1) is 18.6. The van der Waals surface area contributed by atoms with Crippen LogP contribution in [0.4, 0.5) is 0 Å².